The number of carbonyl (C=O) groups is 1. The summed E-state index contributed by atoms with van der Waals surface area (Å²) in [5, 5.41) is 24.9. The summed E-state index contributed by atoms with van der Waals surface area (Å²) in [5.41, 5.74) is -0.931. The molecule has 0 spiro atoms. The molecular weight excluding hydrogens is 631 g/mol. The zero-order chi connectivity index (χ0) is 32.1. The quantitative estimate of drug-likeness (QED) is 0.314. The average Bonchev–Trinajstić information content (AvgIpc) is 3.55. The summed E-state index contributed by atoms with van der Waals surface area (Å²) in [6.07, 6.45) is 1.34. The van der Waals surface area contributed by atoms with Gasteiger partial charge in [0.2, 0.25) is 0 Å². The van der Waals surface area contributed by atoms with Gasteiger partial charge in [-0.2, -0.15) is 10.3 Å². The van der Waals surface area contributed by atoms with Gasteiger partial charge in [0.05, 0.1) is 45.4 Å². The fourth-order valence-corrected chi connectivity index (χ4v) is 10.2. The highest BCUT2D eigenvalue weighted by molar-refractivity contribution is 7.92. The number of halogens is 4. The van der Waals surface area contributed by atoms with Gasteiger partial charge >= 0.3 is 0 Å². The van der Waals surface area contributed by atoms with E-state index in [0.717, 1.165) is 11.6 Å². The van der Waals surface area contributed by atoms with Gasteiger partial charge in [-0.1, -0.05) is 41.9 Å². The molecule has 13 heteroatoms. The van der Waals surface area contributed by atoms with Crippen LogP contribution < -0.4 is 5.32 Å². The number of hydroxylamine groups is 2. The highest BCUT2D eigenvalue weighted by Gasteiger charge is 2.60. The molecule has 1 heterocycles. The van der Waals surface area contributed by atoms with Gasteiger partial charge in [-0.15, -0.1) is 0 Å². The molecule has 2 N–H and O–H groups in total. The third-order valence-electron chi connectivity index (χ3n) is 9.18. The summed E-state index contributed by atoms with van der Waals surface area (Å²) in [5.74, 6) is -7.06. The Labute approximate surface area is 263 Å². The van der Waals surface area contributed by atoms with Crippen LogP contribution in [0.3, 0.4) is 0 Å². The van der Waals surface area contributed by atoms with Crippen molar-refractivity contribution in [3.05, 3.63) is 94.3 Å². The summed E-state index contributed by atoms with van der Waals surface area (Å²) in [4.78, 5) is 18.5. The van der Waals surface area contributed by atoms with E-state index >= 15 is 0 Å². The molecule has 2 aliphatic carbocycles. The Bertz CT molecular complexity index is 1750. The summed E-state index contributed by atoms with van der Waals surface area (Å²) < 4.78 is 69.0. The van der Waals surface area contributed by atoms with E-state index in [4.69, 9.17) is 16.4 Å². The minimum atomic E-state index is -4.13. The Hall–Kier alpha value is -3.47. The summed E-state index contributed by atoms with van der Waals surface area (Å²) in [7, 11) is -4.13. The molecule has 2 saturated carbocycles. The molecule has 3 unspecified atom stereocenters. The van der Waals surface area contributed by atoms with E-state index in [2.05, 4.69) is 11.4 Å². The Morgan fingerprint density at radius 3 is 2.33 bits per heavy atom. The highest BCUT2D eigenvalue weighted by Crippen LogP contribution is 2.54. The zero-order valence-corrected chi connectivity index (χ0v) is 25.4. The largest absolute Gasteiger partial charge is 0.388 e. The van der Waals surface area contributed by atoms with Crippen LogP contribution in [0.1, 0.15) is 41.6 Å². The van der Waals surface area contributed by atoms with Gasteiger partial charge in [-0.05, 0) is 61.3 Å². The Balaban J connectivity index is 1.25. The van der Waals surface area contributed by atoms with Crippen LogP contribution in [0.4, 0.5) is 18.9 Å². The molecule has 3 fully saturated rings. The molecule has 3 aliphatic rings. The molecule has 0 radical (unpaired) electrons. The van der Waals surface area contributed by atoms with Crippen molar-refractivity contribution in [2.24, 2.45) is 17.8 Å². The lowest BCUT2D eigenvalue weighted by Gasteiger charge is -2.46. The summed E-state index contributed by atoms with van der Waals surface area (Å²) >= 11 is 6.37. The number of anilines is 1. The molecule has 6 rings (SSSR count). The zero-order valence-electron chi connectivity index (χ0n) is 23.8. The number of nitriles is 1. The monoisotopic (exact) mass is 659 g/mol. The van der Waals surface area contributed by atoms with Crippen LogP contribution in [0, 0.1) is 46.5 Å². The lowest BCUT2D eigenvalue weighted by Crippen LogP contribution is -2.57. The highest BCUT2D eigenvalue weighted by atomic mass is 35.5. The Kier molecular flexibility index (Phi) is 8.43. The standard InChI is InChI=1S/C32H29ClF3N3O5S/c33-24-9-8-19(31(40)38-23-11-25(34)28(36)26(35)12-23)10-27(24)45(42,43)29-20-6-7-21(29)14-32(41,13-20)30-22(15-37)17-44-39(30)16-18-4-2-1-3-5-18/h1-5,8-12,20-22,29-30,41H,6-7,13-14,16-17H2,(H,38,40)/t20?,21?,22?,29?,30-,32?/m1/s1. The SMILES string of the molecule is N#CC1CON(Cc2ccccc2)[C@H]1C1(O)CC2CCC(C1)C2S(=O)(=O)c1cc(C(=O)Nc2cc(F)c(F)c(F)c2)ccc1Cl. The molecule has 3 aromatic carbocycles. The van der Waals surface area contributed by atoms with Crippen LogP contribution in [0.15, 0.2) is 65.6 Å². The van der Waals surface area contributed by atoms with Crippen molar-refractivity contribution in [2.45, 2.75) is 54.0 Å². The number of fused-ring (bicyclic) bond motifs is 2. The van der Waals surface area contributed by atoms with E-state index in [9.17, 15) is 36.8 Å². The molecular formula is C32H29ClF3N3O5S. The number of hydrogen-bond acceptors (Lipinski definition) is 7. The van der Waals surface area contributed by atoms with E-state index < -0.39 is 67.8 Å². The first-order chi connectivity index (χ1) is 21.4. The third kappa shape index (κ3) is 5.84. The van der Waals surface area contributed by atoms with Gasteiger partial charge in [0, 0.05) is 29.9 Å². The first-order valence-corrected chi connectivity index (χ1v) is 16.4. The van der Waals surface area contributed by atoms with Gasteiger partial charge in [0.15, 0.2) is 27.3 Å². The molecule has 1 amide bonds. The number of rotatable bonds is 7. The van der Waals surface area contributed by atoms with Crippen LogP contribution in [-0.2, 0) is 21.2 Å². The van der Waals surface area contributed by atoms with Crippen LogP contribution in [0.25, 0.3) is 0 Å². The molecule has 0 aromatic heterocycles. The van der Waals surface area contributed by atoms with Gasteiger partial charge in [0.25, 0.3) is 5.91 Å². The topological polar surface area (TPSA) is 120 Å². The molecule has 4 atom stereocenters. The molecule has 236 valence electrons. The number of carbonyl (C=O) groups excluding carboxylic acids is 1. The van der Waals surface area contributed by atoms with Crippen LogP contribution in [-0.4, -0.2) is 48.0 Å². The van der Waals surface area contributed by atoms with Crippen molar-refractivity contribution >= 4 is 33.0 Å². The number of sulfone groups is 1. The third-order valence-corrected chi connectivity index (χ3v) is 12.1. The number of aliphatic hydroxyl groups is 1. The Morgan fingerprint density at radius 1 is 1.07 bits per heavy atom. The van der Waals surface area contributed by atoms with Crippen molar-refractivity contribution in [3.8, 4) is 6.07 Å². The second-order valence-corrected chi connectivity index (χ2v) is 14.5. The van der Waals surface area contributed by atoms with Crippen molar-refractivity contribution in [1.29, 1.82) is 5.26 Å². The van der Waals surface area contributed by atoms with Crippen LogP contribution >= 0.6 is 11.6 Å². The second-order valence-electron chi connectivity index (χ2n) is 12.0. The van der Waals surface area contributed by atoms with E-state index in [-0.39, 0.29) is 40.6 Å². The molecule has 1 aliphatic heterocycles. The maximum atomic E-state index is 14.2. The average molecular weight is 660 g/mol. The molecule has 2 bridgehead atoms. The minimum Gasteiger partial charge on any atom is -0.388 e. The molecule has 45 heavy (non-hydrogen) atoms. The van der Waals surface area contributed by atoms with E-state index in [1.165, 1.54) is 12.1 Å². The molecule has 1 saturated heterocycles. The molecule has 3 aromatic rings. The second kappa shape index (κ2) is 12.0. The van der Waals surface area contributed by atoms with Crippen molar-refractivity contribution in [2.75, 3.05) is 11.9 Å². The summed E-state index contributed by atoms with van der Waals surface area (Å²) in [6.45, 7) is 0.472. The summed E-state index contributed by atoms with van der Waals surface area (Å²) in [6, 6.07) is 16.0. The molecule has 8 nitrogen and oxygen atoms in total. The van der Waals surface area contributed by atoms with Crippen LogP contribution in [0.2, 0.25) is 5.02 Å². The first-order valence-electron chi connectivity index (χ1n) is 14.5. The van der Waals surface area contributed by atoms with E-state index in [1.807, 2.05) is 30.3 Å². The van der Waals surface area contributed by atoms with Gasteiger partial charge in [0.1, 0.15) is 0 Å². The fourth-order valence-electron chi connectivity index (χ4n) is 7.36. The maximum Gasteiger partial charge on any atom is 0.255 e. The number of nitrogens with zero attached hydrogens (tertiary/aromatic N) is 2. The van der Waals surface area contributed by atoms with Crippen molar-refractivity contribution in [1.82, 2.24) is 5.06 Å². The van der Waals surface area contributed by atoms with Crippen molar-refractivity contribution < 1.29 is 36.3 Å². The predicted octanol–water partition coefficient (Wildman–Crippen LogP) is 5.66. The van der Waals surface area contributed by atoms with Crippen molar-refractivity contribution in [3.63, 3.8) is 0 Å². The normalized spacial score (nSPS) is 28.1. The van der Waals surface area contributed by atoms with Gasteiger partial charge in [-0.25, -0.2) is 21.6 Å². The lowest BCUT2D eigenvalue weighted by molar-refractivity contribution is -0.191. The lowest BCUT2D eigenvalue weighted by atomic mass is 9.70. The van der Waals surface area contributed by atoms with Crippen LogP contribution in [0.5, 0.6) is 0 Å². The number of amides is 1. The Morgan fingerprint density at radius 2 is 1.71 bits per heavy atom. The first kappa shape index (κ1) is 31.5. The van der Waals surface area contributed by atoms with E-state index in [1.54, 1.807) is 5.06 Å². The minimum absolute atomic E-state index is 0.103. The number of nitrogens with one attached hydrogen (secondary N) is 1. The maximum absolute atomic E-state index is 14.2. The fraction of sp³-hybridized carbons (Fsp3) is 0.375. The van der Waals surface area contributed by atoms with E-state index in [0.29, 0.717) is 31.5 Å². The van der Waals surface area contributed by atoms with Gasteiger partial charge in [-0.3, -0.25) is 9.63 Å². The number of hydrogen-bond donors (Lipinski definition) is 2. The predicted molar refractivity (Wildman–Crippen MR) is 158 cm³/mol. The number of benzene rings is 3. The smallest absolute Gasteiger partial charge is 0.255 e. The van der Waals surface area contributed by atoms with Gasteiger partial charge < -0.3 is 10.4 Å².